The van der Waals surface area contributed by atoms with Gasteiger partial charge in [-0.1, -0.05) is 18.2 Å². The van der Waals surface area contributed by atoms with Crippen LogP contribution in [0.5, 0.6) is 0 Å². The molecule has 0 bridgehead atoms. The van der Waals surface area contributed by atoms with Crippen LogP contribution >= 0.6 is 0 Å². The molecule has 10 nitrogen and oxygen atoms in total. The number of carbonyl (C=O) groups excluding carboxylic acids is 4. The van der Waals surface area contributed by atoms with E-state index in [0.717, 1.165) is 20.8 Å². The molecule has 0 spiro atoms. The Labute approximate surface area is 173 Å². The fourth-order valence-corrected chi connectivity index (χ4v) is 2.28. The molecule has 0 aliphatic heterocycles. The van der Waals surface area contributed by atoms with Crippen LogP contribution in [0.4, 0.5) is 5.69 Å². The topological polar surface area (TPSA) is 130 Å². The van der Waals surface area contributed by atoms with E-state index in [1.165, 1.54) is 19.2 Å². The molecule has 10 heteroatoms. The van der Waals surface area contributed by atoms with Crippen LogP contribution in [-0.2, 0) is 38.1 Å². The van der Waals surface area contributed by atoms with Crippen LogP contribution in [0.15, 0.2) is 52.8 Å². The highest BCUT2D eigenvalue weighted by atomic mass is 16.6. The Morgan fingerprint density at radius 3 is 2.00 bits per heavy atom. The van der Waals surface area contributed by atoms with E-state index in [-0.39, 0.29) is 0 Å². The second-order valence-electron chi connectivity index (χ2n) is 5.99. The van der Waals surface area contributed by atoms with Gasteiger partial charge in [-0.25, -0.2) is 0 Å². The number of rotatable bonds is 10. The number of hydrogen-bond donors (Lipinski definition) is 0. The molecule has 0 saturated heterocycles. The first kappa shape index (κ1) is 24.5. The zero-order valence-electron chi connectivity index (χ0n) is 17.1. The van der Waals surface area contributed by atoms with Crippen LogP contribution < -0.4 is 0 Å². The molecule has 0 N–H and O–H groups in total. The molecule has 0 heterocycles. The molecule has 0 aliphatic rings. The van der Waals surface area contributed by atoms with Crippen LogP contribution in [-0.4, -0.2) is 48.8 Å². The van der Waals surface area contributed by atoms with Gasteiger partial charge in [0.2, 0.25) is 0 Å². The number of nitrogens with zero attached hydrogens (tertiary/aromatic N) is 2. The Hall–Kier alpha value is -3.56. The largest absolute Gasteiger partial charge is 0.462 e. The Balaban J connectivity index is 3.14. The van der Waals surface area contributed by atoms with E-state index in [4.69, 9.17) is 18.9 Å². The molecule has 3 atom stereocenters. The quantitative estimate of drug-likeness (QED) is 0.321. The van der Waals surface area contributed by atoms with E-state index in [1.54, 1.807) is 24.3 Å². The summed E-state index contributed by atoms with van der Waals surface area (Å²) in [6, 6.07) is 8.87. The maximum Gasteiger partial charge on any atom is 0.303 e. The molecule has 1 aromatic carbocycles. The first-order valence-electron chi connectivity index (χ1n) is 8.96. The second kappa shape index (κ2) is 12.8. The summed E-state index contributed by atoms with van der Waals surface area (Å²) < 4.78 is 20.4. The standard InChI is InChI=1S/C20H24N2O8/c1-13(23)27-12-19(29-15(3)25)20(30-16(4)26)18(28-14(2)24)10-11-21-22-17-8-6-5-7-9-17/h5-11,18-20H,12H2,1-4H3/b11-10+,22-21?/t18-,19-,20-/m1/s1. The summed E-state index contributed by atoms with van der Waals surface area (Å²) >= 11 is 0. The fourth-order valence-electron chi connectivity index (χ4n) is 2.28. The number of hydrogen-bond acceptors (Lipinski definition) is 10. The number of carbonyl (C=O) groups is 4. The normalized spacial score (nSPS) is 14.0. The molecule has 0 fully saturated rings. The molecular weight excluding hydrogens is 396 g/mol. The predicted octanol–water partition coefficient (Wildman–Crippen LogP) is 2.64. The van der Waals surface area contributed by atoms with Crippen molar-refractivity contribution in [1.29, 1.82) is 0 Å². The van der Waals surface area contributed by atoms with Crippen molar-refractivity contribution in [3.05, 3.63) is 42.6 Å². The van der Waals surface area contributed by atoms with Crippen LogP contribution in [0.3, 0.4) is 0 Å². The number of benzene rings is 1. The SMILES string of the molecule is CC(=O)OC[C@@H](OC(C)=O)[C@H](OC(C)=O)[C@@H](/C=C/N=Nc1ccccc1)OC(C)=O. The van der Waals surface area contributed by atoms with Crippen molar-refractivity contribution in [3.63, 3.8) is 0 Å². The molecule has 0 aromatic heterocycles. The van der Waals surface area contributed by atoms with E-state index in [0.29, 0.717) is 5.69 Å². The lowest BCUT2D eigenvalue weighted by atomic mass is 10.1. The average molecular weight is 420 g/mol. The van der Waals surface area contributed by atoms with Gasteiger partial charge in [-0.05, 0) is 18.2 Å². The van der Waals surface area contributed by atoms with Crippen molar-refractivity contribution in [1.82, 2.24) is 0 Å². The lowest BCUT2D eigenvalue weighted by Crippen LogP contribution is -2.46. The van der Waals surface area contributed by atoms with Crippen LogP contribution in [0.25, 0.3) is 0 Å². The van der Waals surface area contributed by atoms with Crippen LogP contribution in [0.1, 0.15) is 27.7 Å². The maximum atomic E-state index is 11.6. The van der Waals surface area contributed by atoms with Gasteiger partial charge in [0.25, 0.3) is 0 Å². The maximum absolute atomic E-state index is 11.6. The highest BCUT2D eigenvalue weighted by molar-refractivity contribution is 5.69. The Morgan fingerprint density at radius 2 is 1.47 bits per heavy atom. The molecule has 0 amide bonds. The third kappa shape index (κ3) is 10.1. The summed E-state index contributed by atoms with van der Waals surface area (Å²) in [5.74, 6) is -2.75. The minimum absolute atomic E-state index is 0.413. The van der Waals surface area contributed by atoms with Crippen molar-refractivity contribution in [2.24, 2.45) is 10.2 Å². The van der Waals surface area contributed by atoms with E-state index >= 15 is 0 Å². The summed E-state index contributed by atoms with van der Waals surface area (Å²) in [5.41, 5.74) is 0.593. The first-order valence-corrected chi connectivity index (χ1v) is 8.96. The number of ether oxygens (including phenoxy) is 4. The van der Waals surface area contributed by atoms with Gasteiger partial charge < -0.3 is 18.9 Å². The van der Waals surface area contributed by atoms with Crippen molar-refractivity contribution >= 4 is 29.6 Å². The first-order chi connectivity index (χ1) is 14.2. The molecule has 30 heavy (non-hydrogen) atoms. The molecule has 1 aromatic rings. The van der Waals surface area contributed by atoms with Crippen molar-refractivity contribution in [2.75, 3.05) is 6.61 Å². The minimum Gasteiger partial charge on any atom is -0.462 e. The van der Waals surface area contributed by atoms with Crippen LogP contribution in [0, 0.1) is 0 Å². The van der Waals surface area contributed by atoms with Crippen LogP contribution in [0.2, 0.25) is 0 Å². The van der Waals surface area contributed by atoms with E-state index < -0.39 is 48.8 Å². The predicted molar refractivity (Wildman–Crippen MR) is 103 cm³/mol. The molecule has 0 saturated carbocycles. The molecular formula is C20H24N2O8. The molecule has 1 rings (SSSR count). The van der Waals surface area contributed by atoms with Crippen molar-refractivity contribution in [3.8, 4) is 0 Å². The van der Waals surface area contributed by atoms with Crippen molar-refractivity contribution in [2.45, 2.75) is 46.0 Å². The van der Waals surface area contributed by atoms with Gasteiger partial charge in [0.15, 0.2) is 18.3 Å². The second-order valence-corrected chi connectivity index (χ2v) is 5.99. The summed E-state index contributed by atoms with van der Waals surface area (Å²) in [7, 11) is 0. The summed E-state index contributed by atoms with van der Waals surface area (Å²) in [4.78, 5) is 45.8. The zero-order chi connectivity index (χ0) is 22.5. The highest BCUT2D eigenvalue weighted by Gasteiger charge is 2.36. The molecule has 0 aliphatic carbocycles. The lowest BCUT2D eigenvalue weighted by Gasteiger charge is -2.30. The van der Waals surface area contributed by atoms with Gasteiger partial charge in [-0.3, -0.25) is 19.2 Å². The van der Waals surface area contributed by atoms with Crippen molar-refractivity contribution < 1.29 is 38.1 Å². The smallest absolute Gasteiger partial charge is 0.303 e. The number of azo groups is 1. The fraction of sp³-hybridized carbons (Fsp3) is 0.400. The van der Waals surface area contributed by atoms with E-state index in [9.17, 15) is 19.2 Å². The molecule has 0 radical (unpaired) electrons. The third-order valence-electron chi connectivity index (χ3n) is 3.33. The Morgan fingerprint density at radius 1 is 0.867 bits per heavy atom. The van der Waals surface area contributed by atoms with Gasteiger partial charge in [-0.2, -0.15) is 10.2 Å². The van der Waals surface area contributed by atoms with Gasteiger partial charge in [0.05, 0.1) is 5.69 Å². The lowest BCUT2D eigenvalue weighted by molar-refractivity contribution is -0.185. The van der Waals surface area contributed by atoms with E-state index in [1.807, 2.05) is 6.07 Å². The molecule has 162 valence electrons. The average Bonchev–Trinajstić information content (AvgIpc) is 2.66. The summed E-state index contributed by atoms with van der Waals surface area (Å²) in [6.07, 6.45) is -1.16. The van der Waals surface area contributed by atoms with Gasteiger partial charge in [0, 0.05) is 33.9 Å². The third-order valence-corrected chi connectivity index (χ3v) is 3.33. The monoisotopic (exact) mass is 420 g/mol. The zero-order valence-corrected chi connectivity index (χ0v) is 17.1. The minimum atomic E-state index is -1.29. The van der Waals surface area contributed by atoms with E-state index in [2.05, 4.69) is 10.2 Å². The van der Waals surface area contributed by atoms with Gasteiger partial charge in [0.1, 0.15) is 6.61 Å². The molecule has 0 unspecified atom stereocenters. The van der Waals surface area contributed by atoms with Gasteiger partial charge in [-0.15, -0.1) is 0 Å². The Kier molecular flexibility index (Phi) is 10.5. The van der Waals surface area contributed by atoms with Gasteiger partial charge >= 0.3 is 23.9 Å². The Bertz CT molecular complexity index is 791. The highest BCUT2D eigenvalue weighted by Crippen LogP contribution is 2.17. The number of esters is 4. The summed E-state index contributed by atoms with van der Waals surface area (Å²) in [6.45, 7) is 4.18. The summed E-state index contributed by atoms with van der Waals surface area (Å²) in [5, 5.41) is 7.83.